The van der Waals surface area contributed by atoms with Crippen LogP contribution in [0.25, 0.3) is 0 Å². The van der Waals surface area contributed by atoms with Gasteiger partial charge in [0.1, 0.15) is 4.90 Å². The van der Waals surface area contributed by atoms with Crippen molar-refractivity contribution in [3.63, 3.8) is 0 Å². The fraction of sp³-hybridized carbons (Fsp3) is 0.417. The molecule has 1 aromatic rings. The van der Waals surface area contributed by atoms with Crippen LogP contribution < -0.4 is 5.32 Å². The molecule has 0 unspecified atom stereocenters. The van der Waals surface area contributed by atoms with Crippen molar-refractivity contribution >= 4 is 41.6 Å². The molecule has 0 fully saturated rings. The molecule has 0 aromatic heterocycles. The van der Waals surface area contributed by atoms with Crippen LogP contribution in [0.15, 0.2) is 21.5 Å². The third kappa shape index (κ3) is 4.71. The van der Waals surface area contributed by atoms with E-state index in [1.54, 1.807) is 0 Å². The highest BCUT2D eigenvalue weighted by molar-refractivity contribution is 9.10. The molecule has 1 amide bonds. The van der Waals surface area contributed by atoms with Crippen molar-refractivity contribution in [2.45, 2.75) is 25.2 Å². The first-order chi connectivity index (χ1) is 9.12. The zero-order valence-corrected chi connectivity index (χ0v) is 14.1. The number of benzene rings is 1. The first-order valence-corrected chi connectivity index (χ1v) is 8.95. The Morgan fingerprint density at radius 3 is 2.55 bits per heavy atom. The van der Waals surface area contributed by atoms with Crippen LogP contribution in [0.1, 0.15) is 30.6 Å². The Balaban J connectivity index is 3.07. The number of halogens is 3. The Labute approximate surface area is 130 Å². The minimum Gasteiger partial charge on any atom is -0.352 e. The van der Waals surface area contributed by atoms with Gasteiger partial charge in [-0.25, -0.2) is 12.8 Å². The summed E-state index contributed by atoms with van der Waals surface area (Å²) in [6.07, 6.45) is 0.738. The normalized spacial score (nSPS) is 11.7. The van der Waals surface area contributed by atoms with E-state index in [2.05, 4.69) is 21.2 Å². The number of rotatable bonds is 5. The lowest BCUT2D eigenvalue weighted by Gasteiger charge is -2.10. The van der Waals surface area contributed by atoms with Gasteiger partial charge in [0.2, 0.25) is 0 Å². The lowest BCUT2D eigenvalue weighted by molar-refractivity contribution is 0.0947. The van der Waals surface area contributed by atoms with Gasteiger partial charge in [0, 0.05) is 21.7 Å². The second kappa shape index (κ2) is 6.87. The molecule has 0 saturated carbocycles. The molecular formula is C12H14BrClFNO3S. The quantitative estimate of drug-likeness (QED) is 0.790. The fourth-order valence-electron chi connectivity index (χ4n) is 1.48. The van der Waals surface area contributed by atoms with Gasteiger partial charge in [0.15, 0.2) is 5.82 Å². The molecule has 0 aliphatic heterocycles. The highest BCUT2D eigenvalue weighted by Gasteiger charge is 2.23. The molecule has 0 bridgehead atoms. The largest absolute Gasteiger partial charge is 0.352 e. The molecule has 0 aliphatic carbocycles. The first-order valence-electron chi connectivity index (χ1n) is 5.85. The Morgan fingerprint density at radius 2 is 2.05 bits per heavy atom. The van der Waals surface area contributed by atoms with Crippen molar-refractivity contribution in [1.29, 1.82) is 0 Å². The van der Waals surface area contributed by atoms with E-state index in [4.69, 9.17) is 10.7 Å². The highest BCUT2D eigenvalue weighted by atomic mass is 79.9. The van der Waals surface area contributed by atoms with Crippen molar-refractivity contribution in [3.05, 3.63) is 28.0 Å². The van der Waals surface area contributed by atoms with E-state index >= 15 is 0 Å². The van der Waals surface area contributed by atoms with E-state index in [0.29, 0.717) is 12.5 Å². The molecule has 1 rings (SSSR count). The van der Waals surface area contributed by atoms with E-state index in [9.17, 15) is 17.6 Å². The number of hydrogen-bond donors (Lipinski definition) is 1. The molecule has 1 aromatic carbocycles. The van der Waals surface area contributed by atoms with Gasteiger partial charge in [0.05, 0.1) is 5.56 Å². The van der Waals surface area contributed by atoms with Crippen LogP contribution in [-0.2, 0) is 9.05 Å². The topological polar surface area (TPSA) is 63.2 Å². The second-order valence-corrected chi connectivity index (χ2v) is 8.09. The molecule has 1 N–H and O–H groups in total. The van der Waals surface area contributed by atoms with Crippen molar-refractivity contribution in [1.82, 2.24) is 5.32 Å². The third-order valence-corrected chi connectivity index (χ3v) is 4.30. The summed E-state index contributed by atoms with van der Waals surface area (Å²) in [5.41, 5.74) is -0.359. The minimum absolute atomic E-state index is 0.257. The van der Waals surface area contributed by atoms with Gasteiger partial charge in [-0.05, 0) is 24.5 Å². The predicted octanol–water partition coefficient (Wildman–Crippen LogP) is 3.29. The third-order valence-electron chi connectivity index (χ3n) is 2.52. The van der Waals surface area contributed by atoms with Gasteiger partial charge < -0.3 is 5.32 Å². The average Bonchev–Trinajstić information content (AvgIpc) is 2.29. The minimum atomic E-state index is -4.26. The van der Waals surface area contributed by atoms with Crippen molar-refractivity contribution < 1.29 is 17.6 Å². The maximum atomic E-state index is 14.0. The molecule has 0 heterocycles. The summed E-state index contributed by atoms with van der Waals surface area (Å²) < 4.78 is 36.8. The van der Waals surface area contributed by atoms with Gasteiger partial charge in [-0.1, -0.05) is 29.8 Å². The summed E-state index contributed by atoms with van der Waals surface area (Å²) in [5.74, 6) is -1.43. The molecule has 8 heteroatoms. The van der Waals surface area contributed by atoms with E-state index in [-0.39, 0.29) is 10.0 Å². The Kier molecular flexibility index (Phi) is 5.97. The maximum Gasteiger partial charge on any atom is 0.264 e. The molecule has 0 aliphatic rings. The molecule has 112 valence electrons. The second-order valence-electron chi connectivity index (χ2n) is 4.64. The van der Waals surface area contributed by atoms with Crippen molar-refractivity contribution in [3.8, 4) is 0 Å². The number of carbonyl (C=O) groups is 1. The molecule has 4 nitrogen and oxygen atoms in total. The van der Waals surface area contributed by atoms with E-state index in [1.165, 1.54) is 6.07 Å². The summed E-state index contributed by atoms with van der Waals surface area (Å²) in [4.78, 5) is 11.1. The SMILES string of the molecule is CC(C)CCNC(=O)c1cc(Br)cc(S(=O)(=O)Cl)c1F. The Morgan fingerprint density at radius 1 is 1.45 bits per heavy atom. The van der Waals surface area contributed by atoms with Crippen LogP contribution in [-0.4, -0.2) is 20.9 Å². The van der Waals surface area contributed by atoms with Crippen molar-refractivity contribution in [2.75, 3.05) is 6.54 Å². The van der Waals surface area contributed by atoms with Gasteiger partial charge in [-0.15, -0.1) is 0 Å². The van der Waals surface area contributed by atoms with Crippen LogP contribution in [0.3, 0.4) is 0 Å². The Bertz CT molecular complexity index is 619. The molecular weight excluding hydrogens is 373 g/mol. The van der Waals surface area contributed by atoms with Gasteiger partial charge in [-0.2, -0.15) is 0 Å². The molecule has 0 spiro atoms. The number of amides is 1. The summed E-state index contributed by atoms with van der Waals surface area (Å²) in [5, 5.41) is 2.54. The lowest BCUT2D eigenvalue weighted by atomic mass is 10.1. The summed E-state index contributed by atoms with van der Waals surface area (Å²) >= 11 is 3.03. The summed E-state index contributed by atoms with van der Waals surface area (Å²) in [7, 11) is 0.879. The van der Waals surface area contributed by atoms with Gasteiger partial charge in [-0.3, -0.25) is 4.79 Å². The first kappa shape index (κ1) is 17.4. The predicted molar refractivity (Wildman–Crippen MR) is 78.9 cm³/mol. The summed E-state index contributed by atoms with van der Waals surface area (Å²) in [6.45, 7) is 4.36. The lowest BCUT2D eigenvalue weighted by Crippen LogP contribution is -2.26. The monoisotopic (exact) mass is 385 g/mol. The fourth-order valence-corrected chi connectivity index (χ4v) is 3.01. The van der Waals surface area contributed by atoms with E-state index in [1.807, 2.05) is 13.8 Å². The molecule has 0 saturated heterocycles. The highest BCUT2D eigenvalue weighted by Crippen LogP contribution is 2.26. The van der Waals surface area contributed by atoms with Crippen LogP contribution in [0.2, 0.25) is 0 Å². The van der Waals surface area contributed by atoms with Crippen LogP contribution >= 0.6 is 26.6 Å². The van der Waals surface area contributed by atoms with Crippen LogP contribution in [0.4, 0.5) is 4.39 Å². The molecule has 20 heavy (non-hydrogen) atoms. The maximum absolute atomic E-state index is 14.0. The van der Waals surface area contributed by atoms with Gasteiger partial charge >= 0.3 is 0 Å². The smallest absolute Gasteiger partial charge is 0.264 e. The van der Waals surface area contributed by atoms with Gasteiger partial charge in [0.25, 0.3) is 15.0 Å². The average molecular weight is 387 g/mol. The zero-order chi connectivity index (χ0) is 15.5. The van der Waals surface area contributed by atoms with E-state index in [0.717, 1.165) is 12.5 Å². The van der Waals surface area contributed by atoms with Crippen LogP contribution in [0, 0.1) is 11.7 Å². The van der Waals surface area contributed by atoms with Crippen LogP contribution in [0.5, 0.6) is 0 Å². The number of carbonyl (C=O) groups excluding carboxylic acids is 1. The number of hydrogen-bond acceptors (Lipinski definition) is 3. The van der Waals surface area contributed by atoms with E-state index < -0.39 is 25.7 Å². The molecule has 0 radical (unpaired) electrons. The summed E-state index contributed by atoms with van der Waals surface area (Å²) in [6, 6.07) is 2.23. The standard InChI is InChI=1S/C12H14BrClFNO3S/c1-7(2)3-4-16-12(17)9-5-8(13)6-10(11(9)15)20(14,18)19/h5-7H,3-4H2,1-2H3,(H,16,17). The number of nitrogens with one attached hydrogen (secondary N) is 1. The van der Waals surface area contributed by atoms with Crippen molar-refractivity contribution in [2.24, 2.45) is 5.92 Å². The molecule has 0 atom stereocenters. The zero-order valence-electron chi connectivity index (χ0n) is 10.9. The Hall–Kier alpha value is -0.660.